The Morgan fingerprint density at radius 1 is 1.17 bits per heavy atom. The van der Waals surface area contributed by atoms with Crippen molar-refractivity contribution in [2.24, 2.45) is 0 Å². The molecule has 0 aliphatic heterocycles. The molecule has 1 amide bonds. The molecule has 0 unspecified atom stereocenters. The number of Topliss-reactive ketones (excluding diaryl/α,β-unsaturated/α-hetero) is 1. The zero-order valence-corrected chi connectivity index (χ0v) is 20.2. The summed E-state index contributed by atoms with van der Waals surface area (Å²) in [7, 11) is 0. The highest BCUT2D eigenvalue weighted by atomic mass is 35.5. The first-order valence-corrected chi connectivity index (χ1v) is 12.0. The third-order valence-corrected chi connectivity index (χ3v) is 5.84. The Labute approximate surface area is 209 Å². The average Bonchev–Trinajstić information content (AvgIpc) is 2.81. The third-order valence-electron chi connectivity index (χ3n) is 4.63. The zero-order valence-electron chi connectivity index (χ0n) is 18.6. The van der Waals surface area contributed by atoms with Gasteiger partial charge in [0.1, 0.15) is 23.7 Å². The van der Waals surface area contributed by atoms with E-state index in [1.807, 2.05) is 6.92 Å². The molecular formula is C23H22ClFN4O5S. The molecule has 3 aromatic rings. The zero-order chi connectivity index (χ0) is 25.4. The van der Waals surface area contributed by atoms with Gasteiger partial charge in [-0.05, 0) is 31.2 Å². The number of hydrogen-bond acceptors (Lipinski definition) is 8. The topological polar surface area (TPSA) is 131 Å². The molecule has 35 heavy (non-hydrogen) atoms. The molecule has 0 bridgehead atoms. The van der Waals surface area contributed by atoms with Gasteiger partial charge in [-0.1, -0.05) is 11.6 Å². The van der Waals surface area contributed by atoms with E-state index in [2.05, 4.69) is 20.6 Å². The predicted octanol–water partition coefficient (Wildman–Crippen LogP) is 3.61. The first-order chi connectivity index (χ1) is 16.8. The molecule has 0 spiro atoms. The van der Waals surface area contributed by atoms with E-state index in [4.69, 9.17) is 21.4 Å². The Balaban J connectivity index is 1.78. The fourth-order valence-electron chi connectivity index (χ4n) is 3.12. The Morgan fingerprint density at radius 3 is 2.69 bits per heavy atom. The number of amides is 1. The summed E-state index contributed by atoms with van der Waals surface area (Å²) in [6.07, 6.45) is 1.35. The Kier molecular flexibility index (Phi) is 9.21. The number of carbonyl (C=O) groups is 3. The highest BCUT2D eigenvalue weighted by molar-refractivity contribution is 8.00. The van der Waals surface area contributed by atoms with Gasteiger partial charge in [-0.2, -0.15) is 0 Å². The van der Waals surface area contributed by atoms with Crippen molar-refractivity contribution in [3.05, 3.63) is 53.1 Å². The summed E-state index contributed by atoms with van der Waals surface area (Å²) in [5, 5.41) is 14.8. The van der Waals surface area contributed by atoms with E-state index >= 15 is 0 Å². The maximum absolute atomic E-state index is 13.5. The number of nitrogens with one attached hydrogen (secondary N) is 2. The number of halogens is 2. The second kappa shape index (κ2) is 12.3. The van der Waals surface area contributed by atoms with Crippen LogP contribution in [0.15, 0.2) is 36.7 Å². The molecule has 9 nitrogen and oxygen atoms in total. The van der Waals surface area contributed by atoms with Crippen molar-refractivity contribution in [1.82, 2.24) is 15.3 Å². The van der Waals surface area contributed by atoms with E-state index in [1.165, 1.54) is 24.5 Å². The number of aromatic nitrogens is 2. The normalized spacial score (nSPS) is 10.7. The van der Waals surface area contributed by atoms with E-state index in [9.17, 15) is 18.8 Å². The van der Waals surface area contributed by atoms with Crippen LogP contribution in [0, 0.1) is 5.82 Å². The summed E-state index contributed by atoms with van der Waals surface area (Å²) in [6, 6.07) is 7.62. The van der Waals surface area contributed by atoms with Gasteiger partial charge in [0.15, 0.2) is 5.78 Å². The molecule has 0 fully saturated rings. The average molecular weight is 521 g/mol. The molecule has 1 heterocycles. The highest BCUT2D eigenvalue weighted by Crippen LogP contribution is 2.31. The number of ketones is 1. The lowest BCUT2D eigenvalue weighted by Crippen LogP contribution is -2.31. The van der Waals surface area contributed by atoms with Gasteiger partial charge < -0.3 is 20.5 Å². The molecule has 0 saturated heterocycles. The summed E-state index contributed by atoms with van der Waals surface area (Å²) in [5.74, 6) is -1.59. The fourth-order valence-corrected chi connectivity index (χ4v) is 3.87. The van der Waals surface area contributed by atoms with Crippen LogP contribution in [0.4, 0.5) is 15.9 Å². The number of aliphatic carboxylic acids is 1. The highest BCUT2D eigenvalue weighted by Gasteiger charge is 2.15. The van der Waals surface area contributed by atoms with Crippen LogP contribution in [0.5, 0.6) is 5.75 Å². The number of carboxylic acid groups (broad SMARTS) is 1. The minimum atomic E-state index is -1.01. The number of benzene rings is 2. The number of hydrogen-bond donors (Lipinski definition) is 3. The second-order valence-electron chi connectivity index (χ2n) is 7.26. The van der Waals surface area contributed by atoms with Crippen LogP contribution >= 0.6 is 23.4 Å². The van der Waals surface area contributed by atoms with Crippen LogP contribution in [-0.4, -0.2) is 57.4 Å². The maximum Gasteiger partial charge on any atom is 0.313 e. The van der Waals surface area contributed by atoms with Gasteiger partial charge in [-0.3, -0.25) is 14.4 Å². The lowest BCUT2D eigenvalue weighted by molar-refractivity contribution is -0.133. The molecule has 2 aromatic carbocycles. The molecule has 1 aromatic heterocycles. The van der Waals surface area contributed by atoms with Gasteiger partial charge >= 0.3 is 5.97 Å². The molecule has 0 radical (unpaired) electrons. The first-order valence-electron chi connectivity index (χ1n) is 10.5. The number of nitrogens with zero attached hydrogens (tertiary/aromatic N) is 2. The van der Waals surface area contributed by atoms with Gasteiger partial charge in [0.2, 0.25) is 5.91 Å². The summed E-state index contributed by atoms with van der Waals surface area (Å²) >= 11 is 6.82. The number of fused-ring (bicyclic) bond motifs is 1. The number of ether oxygens (including phenoxy) is 1. The molecule has 184 valence electrons. The number of rotatable bonds is 12. The van der Waals surface area contributed by atoms with E-state index < -0.39 is 17.7 Å². The van der Waals surface area contributed by atoms with Gasteiger partial charge in [-0.15, -0.1) is 11.8 Å². The van der Waals surface area contributed by atoms with Crippen LogP contribution in [-0.2, 0) is 20.8 Å². The minimum absolute atomic E-state index is 0.0233. The van der Waals surface area contributed by atoms with E-state index in [0.717, 1.165) is 11.8 Å². The molecule has 0 aliphatic carbocycles. The van der Waals surface area contributed by atoms with Crippen LogP contribution in [0.25, 0.3) is 10.9 Å². The van der Waals surface area contributed by atoms with Gasteiger partial charge in [0.25, 0.3) is 0 Å². The monoisotopic (exact) mass is 520 g/mol. The third kappa shape index (κ3) is 7.52. The van der Waals surface area contributed by atoms with Crippen LogP contribution in [0.2, 0.25) is 5.02 Å². The molecule has 0 atom stereocenters. The predicted molar refractivity (Wildman–Crippen MR) is 132 cm³/mol. The lowest BCUT2D eigenvalue weighted by Gasteiger charge is -2.14. The Morgan fingerprint density at radius 2 is 1.97 bits per heavy atom. The molecule has 12 heteroatoms. The van der Waals surface area contributed by atoms with Crippen LogP contribution < -0.4 is 15.4 Å². The van der Waals surface area contributed by atoms with Crippen LogP contribution in [0.1, 0.15) is 12.5 Å². The standard InChI is InChI=1S/C23H22ClFN4O5S/c1-2-34-20-8-19-16(23(28-12-27-19)29-14-3-4-18(25)17(24)7-14)6-13(20)5-15(30)9-26-21(31)10-35-11-22(32)33/h3-4,6-8,12H,2,5,9-11H2,1H3,(H,26,31)(H,32,33)(H,27,28,29). The summed E-state index contributed by atoms with van der Waals surface area (Å²) in [4.78, 5) is 43.5. The number of carboxylic acids is 1. The largest absolute Gasteiger partial charge is 0.494 e. The van der Waals surface area contributed by atoms with Crippen molar-refractivity contribution in [3.63, 3.8) is 0 Å². The van der Waals surface area contributed by atoms with Gasteiger partial charge in [0, 0.05) is 29.1 Å². The van der Waals surface area contributed by atoms with Crippen molar-refractivity contribution in [2.75, 3.05) is 30.0 Å². The van der Waals surface area contributed by atoms with E-state index in [1.54, 1.807) is 12.1 Å². The Hall–Kier alpha value is -3.44. The molecule has 3 rings (SSSR count). The van der Waals surface area contributed by atoms with E-state index in [0.29, 0.717) is 40.3 Å². The quantitative estimate of drug-likeness (QED) is 0.328. The van der Waals surface area contributed by atoms with Crippen molar-refractivity contribution >= 4 is 63.4 Å². The molecule has 0 saturated carbocycles. The molecular weight excluding hydrogens is 499 g/mol. The fraction of sp³-hybridized carbons (Fsp3) is 0.261. The SMILES string of the molecule is CCOc1cc2ncnc(Nc3ccc(F)c(Cl)c3)c2cc1CC(=O)CNC(=O)CSCC(=O)O. The Bertz CT molecular complexity index is 1260. The lowest BCUT2D eigenvalue weighted by atomic mass is 10.0. The number of carbonyl (C=O) groups excluding carboxylic acids is 2. The first kappa shape index (κ1) is 26.2. The molecule has 3 N–H and O–H groups in total. The summed E-state index contributed by atoms with van der Waals surface area (Å²) < 4.78 is 19.2. The molecule has 0 aliphatic rings. The number of thioether (sulfide) groups is 1. The van der Waals surface area contributed by atoms with Gasteiger partial charge in [0.05, 0.1) is 35.2 Å². The van der Waals surface area contributed by atoms with E-state index in [-0.39, 0.29) is 35.3 Å². The van der Waals surface area contributed by atoms with Gasteiger partial charge in [-0.25, -0.2) is 14.4 Å². The van der Waals surface area contributed by atoms with Crippen LogP contribution in [0.3, 0.4) is 0 Å². The second-order valence-corrected chi connectivity index (χ2v) is 8.66. The number of anilines is 2. The summed E-state index contributed by atoms with van der Waals surface area (Å²) in [6.45, 7) is 1.98. The smallest absolute Gasteiger partial charge is 0.313 e. The summed E-state index contributed by atoms with van der Waals surface area (Å²) in [5.41, 5.74) is 1.67. The minimum Gasteiger partial charge on any atom is -0.494 e. The van der Waals surface area contributed by atoms with Crippen molar-refractivity contribution in [3.8, 4) is 5.75 Å². The van der Waals surface area contributed by atoms with Crippen molar-refractivity contribution in [2.45, 2.75) is 13.3 Å². The van der Waals surface area contributed by atoms with Crippen molar-refractivity contribution in [1.29, 1.82) is 0 Å². The maximum atomic E-state index is 13.5. The van der Waals surface area contributed by atoms with Crippen molar-refractivity contribution < 1.29 is 28.6 Å².